The molecule has 0 amide bonds. The average molecular weight is 485 g/mol. The topological polar surface area (TPSA) is 58.5 Å². The first kappa shape index (κ1) is 24.1. The number of rotatable bonds is 7. The lowest BCUT2D eigenvalue weighted by Gasteiger charge is -2.10. The third-order valence-corrected chi connectivity index (χ3v) is 6.36. The minimum Gasteiger partial charge on any atom is -0.493 e. The number of aliphatic imine (C=N–C) groups is 1. The van der Waals surface area contributed by atoms with Crippen LogP contribution < -0.4 is 4.74 Å². The predicted molar refractivity (Wildman–Crippen MR) is 151 cm³/mol. The number of fused-ring (bicyclic) bond motifs is 1. The van der Waals surface area contributed by atoms with Crippen LogP contribution in [0.1, 0.15) is 35.6 Å². The second-order valence-electron chi connectivity index (χ2n) is 9.14. The van der Waals surface area contributed by atoms with E-state index in [0.717, 1.165) is 56.3 Å². The summed E-state index contributed by atoms with van der Waals surface area (Å²) in [5, 5.41) is 12.4. The maximum atomic E-state index is 10.3. The minimum atomic E-state index is 0.281. The van der Waals surface area contributed by atoms with Crippen molar-refractivity contribution in [2.75, 3.05) is 6.61 Å². The monoisotopic (exact) mass is 484 g/mol. The summed E-state index contributed by atoms with van der Waals surface area (Å²) >= 11 is 0. The molecule has 0 radical (unpaired) electrons. The summed E-state index contributed by atoms with van der Waals surface area (Å²) in [5.41, 5.74) is 6.14. The van der Waals surface area contributed by atoms with Crippen molar-refractivity contribution < 1.29 is 9.15 Å². The van der Waals surface area contributed by atoms with E-state index in [-0.39, 0.29) is 5.88 Å². The van der Waals surface area contributed by atoms with Crippen LogP contribution in [-0.2, 0) is 0 Å². The predicted octanol–water partition coefficient (Wildman–Crippen LogP) is 8.79. The summed E-state index contributed by atoms with van der Waals surface area (Å²) in [6.07, 6.45) is 2.66. The van der Waals surface area contributed by atoms with Gasteiger partial charge in [0.1, 0.15) is 23.1 Å². The molecule has 0 bridgehead atoms. The Morgan fingerprint density at radius 2 is 1.54 bits per heavy atom. The summed E-state index contributed by atoms with van der Waals surface area (Å²) in [5.74, 6) is 1.67. The Morgan fingerprint density at radius 3 is 2.22 bits per heavy atom. The highest BCUT2D eigenvalue weighted by molar-refractivity contribution is 6.03. The average Bonchev–Trinajstić information content (AvgIpc) is 3.30. The van der Waals surface area contributed by atoms with Crippen LogP contribution in [0.5, 0.6) is 5.75 Å². The van der Waals surface area contributed by atoms with Crippen LogP contribution in [0.4, 0.5) is 5.88 Å². The second-order valence-corrected chi connectivity index (χ2v) is 9.14. The van der Waals surface area contributed by atoms with Crippen LogP contribution in [0.2, 0.25) is 0 Å². The Bertz CT molecular complexity index is 1620. The molecule has 0 unspecified atom stereocenters. The molecule has 0 aliphatic rings. The maximum Gasteiger partial charge on any atom is 0.238 e. The van der Waals surface area contributed by atoms with Crippen molar-refractivity contribution in [3.8, 4) is 34.3 Å². The highest BCUT2D eigenvalue weighted by Crippen LogP contribution is 2.43. The second kappa shape index (κ2) is 10.6. The summed E-state index contributed by atoms with van der Waals surface area (Å²) in [6, 6.07) is 30.8. The van der Waals surface area contributed by atoms with Gasteiger partial charge in [-0.3, -0.25) is 0 Å². The van der Waals surface area contributed by atoms with Gasteiger partial charge < -0.3 is 9.15 Å². The Hall–Kier alpha value is -4.62. The van der Waals surface area contributed by atoms with E-state index in [1.807, 2.05) is 80.6 Å². The quantitative estimate of drug-likeness (QED) is 0.217. The number of hydrogen-bond donors (Lipinski definition) is 0. The first-order valence-corrected chi connectivity index (χ1v) is 12.5. The molecule has 0 aliphatic carbocycles. The van der Waals surface area contributed by atoms with Crippen LogP contribution in [0.3, 0.4) is 0 Å². The van der Waals surface area contributed by atoms with Crippen molar-refractivity contribution in [1.29, 1.82) is 5.26 Å². The number of nitrogens with zero attached hydrogens (tertiary/aromatic N) is 2. The Labute approximate surface area is 217 Å². The molecule has 4 aromatic carbocycles. The molecule has 5 aromatic rings. The molecule has 182 valence electrons. The van der Waals surface area contributed by atoms with Crippen molar-refractivity contribution in [3.63, 3.8) is 0 Å². The molecule has 37 heavy (non-hydrogen) atoms. The van der Waals surface area contributed by atoms with Crippen molar-refractivity contribution in [2.45, 2.75) is 27.2 Å². The summed E-state index contributed by atoms with van der Waals surface area (Å²) < 4.78 is 12.4. The van der Waals surface area contributed by atoms with Gasteiger partial charge in [0.25, 0.3) is 0 Å². The van der Waals surface area contributed by atoms with Gasteiger partial charge in [-0.15, -0.1) is 0 Å². The smallest absolute Gasteiger partial charge is 0.238 e. The third kappa shape index (κ3) is 4.90. The van der Waals surface area contributed by atoms with Gasteiger partial charge in [-0.05, 0) is 42.7 Å². The van der Waals surface area contributed by atoms with Crippen LogP contribution in [0.25, 0.3) is 33.2 Å². The van der Waals surface area contributed by atoms with E-state index in [0.29, 0.717) is 17.9 Å². The summed E-state index contributed by atoms with van der Waals surface area (Å²) in [6.45, 7) is 6.78. The highest BCUT2D eigenvalue weighted by Gasteiger charge is 2.23. The SMILES string of the molecule is CCCOc1ccc2ccccc2c1C=Nc1oc(-c2ccc(C)cc2)c(-c2ccc(C)cc2)c1C#N. The molecule has 0 N–H and O–H groups in total. The van der Waals surface area contributed by atoms with E-state index in [1.165, 1.54) is 0 Å². The normalized spacial score (nSPS) is 11.2. The van der Waals surface area contributed by atoms with Gasteiger partial charge in [0.05, 0.1) is 6.61 Å². The summed E-state index contributed by atoms with van der Waals surface area (Å²) in [7, 11) is 0. The number of hydrogen-bond acceptors (Lipinski definition) is 4. The van der Waals surface area contributed by atoms with Gasteiger partial charge in [-0.1, -0.05) is 96.9 Å². The molecule has 0 aliphatic heterocycles. The van der Waals surface area contributed by atoms with E-state index in [9.17, 15) is 5.26 Å². The van der Waals surface area contributed by atoms with Crippen molar-refractivity contribution in [1.82, 2.24) is 0 Å². The number of nitriles is 1. The van der Waals surface area contributed by atoms with Gasteiger partial charge >= 0.3 is 0 Å². The molecule has 0 fully saturated rings. The lowest BCUT2D eigenvalue weighted by molar-refractivity contribution is 0.317. The Kier molecular flexibility index (Phi) is 6.87. The largest absolute Gasteiger partial charge is 0.493 e. The van der Waals surface area contributed by atoms with Crippen LogP contribution in [0, 0.1) is 25.2 Å². The number of benzene rings is 4. The molecule has 4 heteroatoms. The van der Waals surface area contributed by atoms with Gasteiger partial charge in [-0.2, -0.15) is 5.26 Å². The minimum absolute atomic E-state index is 0.281. The lowest BCUT2D eigenvalue weighted by atomic mass is 9.97. The Balaban J connectivity index is 1.69. The van der Waals surface area contributed by atoms with Crippen molar-refractivity contribution >= 4 is 22.9 Å². The van der Waals surface area contributed by atoms with E-state index >= 15 is 0 Å². The molecule has 0 saturated carbocycles. The van der Waals surface area contributed by atoms with Gasteiger partial charge in [0.2, 0.25) is 5.88 Å². The third-order valence-electron chi connectivity index (χ3n) is 6.36. The van der Waals surface area contributed by atoms with Crippen LogP contribution in [-0.4, -0.2) is 12.8 Å². The zero-order valence-electron chi connectivity index (χ0n) is 21.3. The maximum absolute atomic E-state index is 10.3. The van der Waals surface area contributed by atoms with Crippen molar-refractivity contribution in [2.24, 2.45) is 4.99 Å². The first-order valence-electron chi connectivity index (χ1n) is 12.5. The zero-order valence-corrected chi connectivity index (χ0v) is 21.3. The van der Waals surface area contributed by atoms with E-state index in [1.54, 1.807) is 6.21 Å². The highest BCUT2D eigenvalue weighted by atomic mass is 16.5. The van der Waals surface area contributed by atoms with E-state index < -0.39 is 0 Å². The molecule has 1 aromatic heterocycles. The fraction of sp³-hybridized carbons (Fsp3) is 0.152. The number of aryl methyl sites for hydroxylation is 2. The van der Waals surface area contributed by atoms with E-state index in [2.05, 4.69) is 31.2 Å². The summed E-state index contributed by atoms with van der Waals surface area (Å²) in [4.78, 5) is 4.74. The van der Waals surface area contributed by atoms with Crippen LogP contribution in [0.15, 0.2) is 94.3 Å². The van der Waals surface area contributed by atoms with Crippen molar-refractivity contribution in [3.05, 3.63) is 107 Å². The fourth-order valence-electron chi connectivity index (χ4n) is 4.39. The molecule has 0 spiro atoms. The fourth-order valence-corrected chi connectivity index (χ4v) is 4.39. The molecule has 1 heterocycles. The zero-order chi connectivity index (χ0) is 25.8. The van der Waals surface area contributed by atoms with Gasteiger partial charge in [-0.25, -0.2) is 4.99 Å². The molecule has 0 atom stereocenters. The van der Waals surface area contributed by atoms with Crippen LogP contribution >= 0.6 is 0 Å². The van der Waals surface area contributed by atoms with Gasteiger partial charge in [0.15, 0.2) is 0 Å². The molecule has 4 nitrogen and oxygen atoms in total. The molecular weight excluding hydrogens is 456 g/mol. The molecule has 0 saturated heterocycles. The lowest BCUT2D eigenvalue weighted by Crippen LogP contribution is -1.99. The Morgan fingerprint density at radius 1 is 0.865 bits per heavy atom. The van der Waals surface area contributed by atoms with E-state index in [4.69, 9.17) is 14.1 Å². The molecular formula is C33H28N2O2. The molecule has 5 rings (SSSR count). The number of furan rings is 1. The number of ether oxygens (including phenoxy) is 1. The standard InChI is InChI=1S/C33H28N2O2/c1-4-19-36-30-18-17-24-7-5-6-8-27(24)29(30)21-35-33-28(20-34)31(25-13-9-22(2)10-14-25)32(37-33)26-15-11-23(3)12-16-26/h5-18,21H,4,19H2,1-3H3. The van der Waals surface area contributed by atoms with Gasteiger partial charge in [0, 0.05) is 22.9 Å². The first-order chi connectivity index (χ1) is 18.1.